The maximum Gasteiger partial charge on any atom is 0.315 e. The van der Waals surface area contributed by atoms with Crippen LogP contribution in [0, 0.1) is 12.7 Å². The van der Waals surface area contributed by atoms with E-state index < -0.39 is 11.6 Å². The van der Waals surface area contributed by atoms with Gasteiger partial charge in [0.1, 0.15) is 22.9 Å². The molecule has 7 heteroatoms. The second-order valence-electron chi connectivity index (χ2n) is 6.40. The Morgan fingerprint density at radius 3 is 2.56 bits per heavy atom. The summed E-state index contributed by atoms with van der Waals surface area (Å²) >= 11 is 0. The van der Waals surface area contributed by atoms with Crippen LogP contribution in [0.2, 0.25) is 0 Å². The summed E-state index contributed by atoms with van der Waals surface area (Å²) in [6.45, 7) is 3.50. The zero-order valence-electron chi connectivity index (χ0n) is 14.9. The number of urea groups is 1. The quantitative estimate of drug-likeness (QED) is 0.749. The maximum absolute atomic E-state index is 13.9. The number of hydrogen-bond donors (Lipinski definition) is 3. The van der Waals surface area contributed by atoms with Crippen molar-refractivity contribution in [2.24, 2.45) is 0 Å². The number of furan rings is 1. The first-order chi connectivity index (χ1) is 11.7. The zero-order chi connectivity index (χ0) is 18.6. The highest BCUT2D eigenvalue weighted by Crippen LogP contribution is 2.22. The molecule has 0 radical (unpaired) electrons. The summed E-state index contributed by atoms with van der Waals surface area (Å²) < 4.78 is 19.3. The van der Waals surface area contributed by atoms with Crippen LogP contribution >= 0.6 is 0 Å². The molecule has 1 aromatic carbocycles. The number of anilines is 1. The van der Waals surface area contributed by atoms with Gasteiger partial charge < -0.3 is 25.1 Å². The minimum Gasteiger partial charge on any atom is -0.463 e. The zero-order valence-corrected chi connectivity index (χ0v) is 14.9. The molecular weight excluding hydrogens is 325 g/mol. The molecule has 0 spiro atoms. The number of amides is 2. The Bertz CT molecular complexity index is 741. The Hall–Kier alpha value is -2.54. The second kappa shape index (κ2) is 7.57. The van der Waals surface area contributed by atoms with Gasteiger partial charge in [-0.3, -0.25) is 0 Å². The molecule has 0 saturated heterocycles. The molecule has 0 aliphatic rings. The van der Waals surface area contributed by atoms with E-state index in [0.717, 1.165) is 0 Å². The lowest BCUT2D eigenvalue weighted by Crippen LogP contribution is -2.43. The van der Waals surface area contributed by atoms with Crippen molar-refractivity contribution in [1.82, 2.24) is 10.6 Å². The average molecular weight is 349 g/mol. The molecule has 0 bridgehead atoms. The number of carbonyl (C=O) groups is 1. The Balaban J connectivity index is 1.85. The average Bonchev–Trinajstić information content (AvgIpc) is 2.98. The maximum atomic E-state index is 13.9. The molecule has 6 nitrogen and oxygen atoms in total. The predicted octanol–water partition coefficient (Wildman–Crippen LogP) is 2.50. The van der Waals surface area contributed by atoms with Crippen molar-refractivity contribution in [1.29, 1.82) is 0 Å². The minimum atomic E-state index is -1.31. The molecule has 0 saturated carbocycles. The fraction of sp³-hybridized carbons (Fsp3) is 0.389. The van der Waals surface area contributed by atoms with E-state index in [-0.39, 0.29) is 18.9 Å². The standard InChI is InChI=1S/C18H24FN3O3/c1-12-5-8-16(25-12)18(2,24)11-21-17(23)20-10-13-6-7-15(22(3)4)14(19)9-13/h5-9,24H,10-11H2,1-4H3,(H2,20,21,23). The first-order valence-electron chi connectivity index (χ1n) is 7.96. The lowest BCUT2D eigenvalue weighted by atomic mass is 10.0. The largest absolute Gasteiger partial charge is 0.463 e. The number of aryl methyl sites for hydroxylation is 1. The third kappa shape index (κ3) is 4.96. The van der Waals surface area contributed by atoms with Gasteiger partial charge in [-0.1, -0.05) is 6.07 Å². The summed E-state index contributed by atoms with van der Waals surface area (Å²) in [5.41, 5.74) is -0.185. The summed E-state index contributed by atoms with van der Waals surface area (Å²) in [5, 5.41) is 15.6. The molecule has 25 heavy (non-hydrogen) atoms. The van der Waals surface area contributed by atoms with Crippen LogP contribution < -0.4 is 15.5 Å². The van der Waals surface area contributed by atoms with Gasteiger partial charge in [-0.15, -0.1) is 0 Å². The molecule has 0 fully saturated rings. The van der Waals surface area contributed by atoms with Crippen LogP contribution in [0.5, 0.6) is 0 Å². The van der Waals surface area contributed by atoms with Crippen LogP contribution in [0.15, 0.2) is 34.7 Å². The molecule has 0 aliphatic carbocycles. The van der Waals surface area contributed by atoms with Crippen LogP contribution in [0.25, 0.3) is 0 Å². The van der Waals surface area contributed by atoms with Gasteiger partial charge >= 0.3 is 6.03 Å². The molecule has 1 heterocycles. The SMILES string of the molecule is Cc1ccc(C(C)(O)CNC(=O)NCc2ccc(N(C)C)c(F)c2)o1. The number of nitrogens with zero attached hydrogens (tertiary/aromatic N) is 1. The van der Waals surface area contributed by atoms with Crippen LogP contribution in [-0.2, 0) is 12.1 Å². The number of rotatable bonds is 6. The second-order valence-corrected chi connectivity index (χ2v) is 6.40. The highest BCUT2D eigenvalue weighted by Gasteiger charge is 2.27. The van der Waals surface area contributed by atoms with Gasteiger partial charge in [-0.05, 0) is 43.7 Å². The molecule has 0 aliphatic heterocycles. The first-order valence-corrected chi connectivity index (χ1v) is 7.96. The Morgan fingerprint density at radius 2 is 2.00 bits per heavy atom. The van der Waals surface area contributed by atoms with Crippen molar-refractivity contribution >= 4 is 11.7 Å². The number of nitrogens with one attached hydrogen (secondary N) is 2. The first kappa shape index (κ1) is 18.8. The highest BCUT2D eigenvalue weighted by atomic mass is 19.1. The van der Waals surface area contributed by atoms with Crippen molar-refractivity contribution < 1.29 is 18.7 Å². The van der Waals surface area contributed by atoms with E-state index in [2.05, 4.69) is 10.6 Å². The van der Waals surface area contributed by atoms with Crippen molar-refractivity contribution in [2.45, 2.75) is 26.0 Å². The van der Waals surface area contributed by atoms with Crippen LogP contribution in [-0.4, -0.2) is 31.8 Å². The van der Waals surface area contributed by atoms with Crippen molar-refractivity contribution in [2.75, 3.05) is 25.5 Å². The number of carbonyl (C=O) groups excluding carboxylic acids is 1. The summed E-state index contributed by atoms with van der Waals surface area (Å²) in [6, 6.07) is 7.76. The summed E-state index contributed by atoms with van der Waals surface area (Å²) in [4.78, 5) is 13.6. The van der Waals surface area contributed by atoms with Crippen molar-refractivity contribution in [3.63, 3.8) is 0 Å². The van der Waals surface area contributed by atoms with Crippen LogP contribution in [0.1, 0.15) is 24.0 Å². The normalized spacial score (nSPS) is 13.2. The molecule has 2 rings (SSSR count). The van der Waals surface area contributed by atoms with Gasteiger partial charge in [0, 0.05) is 20.6 Å². The Kier molecular flexibility index (Phi) is 5.69. The van der Waals surface area contributed by atoms with Crippen molar-refractivity contribution in [3.05, 3.63) is 53.2 Å². The van der Waals surface area contributed by atoms with Crippen molar-refractivity contribution in [3.8, 4) is 0 Å². The lowest BCUT2D eigenvalue weighted by Gasteiger charge is -2.21. The number of aliphatic hydroxyl groups is 1. The van der Waals surface area contributed by atoms with E-state index in [1.807, 2.05) is 0 Å². The Morgan fingerprint density at radius 1 is 1.28 bits per heavy atom. The van der Waals surface area contributed by atoms with Gasteiger partial charge in [-0.25, -0.2) is 9.18 Å². The molecule has 1 atom stereocenters. The molecule has 3 N–H and O–H groups in total. The summed E-state index contributed by atoms with van der Waals surface area (Å²) in [7, 11) is 3.52. The molecule has 2 amide bonds. The number of benzene rings is 1. The summed E-state index contributed by atoms with van der Waals surface area (Å²) in [5.74, 6) is 0.718. The van der Waals surface area contributed by atoms with Gasteiger partial charge in [0.15, 0.2) is 0 Å². The monoisotopic (exact) mass is 349 g/mol. The molecule has 1 aromatic heterocycles. The highest BCUT2D eigenvalue weighted by molar-refractivity contribution is 5.74. The topological polar surface area (TPSA) is 77.7 Å². The molecule has 2 aromatic rings. The van der Waals surface area contributed by atoms with Gasteiger partial charge in [0.25, 0.3) is 0 Å². The Labute approximate surface area is 146 Å². The van der Waals surface area contributed by atoms with Gasteiger partial charge in [0.2, 0.25) is 0 Å². The number of hydrogen-bond acceptors (Lipinski definition) is 4. The van der Waals surface area contributed by atoms with E-state index >= 15 is 0 Å². The van der Waals surface area contributed by atoms with E-state index in [4.69, 9.17) is 4.42 Å². The summed E-state index contributed by atoms with van der Waals surface area (Å²) in [6.07, 6.45) is 0. The van der Waals surface area contributed by atoms with E-state index in [0.29, 0.717) is 22.8 Å². The predicted molar refractivity (Wildman–Crippen MR) is 94.0 cm³/mol. The van der Waals surface area contributed by atoms with E-state index in [1.165, 1.54) is 6.07 Å². The van der Waals surface area contributed by atoms with E-state index in [9.17, 15) is 14.3 Å². The fourth-order valence-corrected chi connectivity index (χ4v) is 2.33. The third-order valence-electron chi connectivity index (χ3n) is 3.81. The van der Waals surface area contributed by atoms with Gasteiger partial charge in [-0.2, -0.15) is 0 Å². The number of halogens is 1. The molecule has 1 unspecified atom stereocenters. The van der Waals surface area contributed by atoms with E-state index in [1.54, 1.807) is 57.1 Å². The lowest BCUT2D eigenvalue weighted by molar-refractivity contribution is 0.0360. The van der Waals surface area contributed by atoms with Crippen LogP contribution in [0.4, 0.5) is 14.9 Å². The minimum absolute atomic E-state index is 0.0142. The smallest absolute Gasteiger partial charge is 0.315 e. The fourth-order valence-electron chi connectivity index (χ4n) is 2.33. The molecule has 136 valence electrons. The molecular formula is C18H24FN3O3. The third-order valence-corrected chi connectivity index (χ3v) is 3.81. The van der Waals surface area contributed by atoms with Gasteiger partial charge in [0.05, 0.1) is 12.2 Å². The van der Waals surface area contributed by atoms with Crippen LogP contribution in [0.3, 0.4) is 0 Å².